The second kappa shape index (κ2) is 7.20. The van der Waals surface area contributed by atoms with E-state index in [1.165, 1.54) is 6.26 Å². The molecule has 0 bridgehead atoms. The second-order valence-electron chi connectivity index (χ2n) is 6.47. The summed E-state index contributed by atoms with van der Waals surface area (Å²) in [5.41, 5.74) is 3.75. The Morgan fingerprint density at radius 3 is 2.46 bits per heavy atom. The first-order valence-corrected chi connectivity index (χ1v) is 11.6. The summed E-state index contributed by atoms with van der Waals surface area (Å²) in [6.45, 7) is 0. The van der Waals surface area contributed by atoms with Crippen molar-refractivity contribution in [3.63, 3.8) is 0 Å². The Balaban J connectivity index is 1.80. The summed E-state index contributed by atoms with van der Waals surface area (Å²) < 4.78 is 25.6. The third kappa shape index (κ3) is 3.51. The van der Waals surface area contributed by atoms with Crippen LogP contribution in [0.1, 0.15) is 0 Å². The monoisotopic (exact) mass is 428 g/mol. The van der Waals surface area contributed by atoms with Gasteiger partial charge in [0.1, 0.15) is 0 Å². The molecule has 4 nitrogen and oxygen atoms in total. The lowest BCUT2D eigenvalue weighted by Gasteiger charge is -2.06. The van der Waals surface area contributed by atoms with Gasteiger partial charge in [-0.05, 0) is 35.9 Å². The second-order valence-corrected chi connectivity index (χ2v) is 9.98. The molecule has 0 saturated heterocycles. The lowest BCUT2D eigenvalue weighted by molar-refractivity contribution is 0.602. The molecule has 0 aliphatic heterocycles. The van der Waals surface area contributed by atoms with Crippen molar-refractivity contribution in [1.29, 1.82) is 0 Å². The average molecular weight is 429 g/mol. The number of aryl methyl sites for hydroxylation is 1. The summed E-state index contributed by atoms with van der Waals surface area (Å²) in [6.07, 6.45) is 3.04. The molecule has 2 aromatic heterocycles. The molecule has 0 amide bonds. The van der Waals surface area contributed by atoms with E-state index in [9.17, 15) is 8.42 Å². The molecule has 0 aliphatic rings. The molecule has 0 unspecified atom stereocenters. The average Bonchev–Trinajstić information content (AvgIpc) is 3.28. The van der Waals surface area contributed by atoms with Gasteiger partial charge in [0.15, 0.2) is 9.84 Å². The highest BCUT2D eigenvalue weighted by atomic mass is 35.5. The van der Waals surface area contributed by atoms with Crippen LogP contribution in [0, 0.1) is 0 Å². The van der Waals surface area contributed by atoms with Crippen LogP contribution < -0.4 is 0 Å². The first-order chi connectivity index (χ1) is 13.3. The minimum Gasteiger partial charge on any atom is -0.266 e. The molecule has 142 valence electrons. The van der Waals surface area contributed by atoms with Crippen molar-refractivity contribution in [3.8, 4) is 32.1 Å². The van der Waals surface area contributed by atoms with Crippen LogP contribution in [0.25, 0.3) is 32.1 Å². The molecule has 0 fully saturated rings. The van der Waals surface area contributed by atoms with E-state index in [0.717, 1.165) is 32.1 Å². The maximum atomic E-state index is 11.9. The molecule has 2 aromatic carbocycles. The fourth-order valence-corrected chi connectivity index (χ4v) is 5.10. The molecule has 0 radical (unpaired) electrons. The molecule has 2 heterocycles. The smallest absolute Gasteiger partial charge is 0.175 e. The minimum absolute atomic E-state index is 0.317. The molecule has 28 heavy (non-hydrogen) atoms. The number of benzene rings is 2. The molecular formula is C21H17ClN2O2S2. The predicted octanol–water partition coefficient (Wildman–Crippen LogP) is 5.54. The van der Waals surface area contributed by atoms with E-state index in [-0.39, 0.29) is 0 Å². The summed E-state index contributed by atoms with van der Waals surface area (Å²) >= 11 is 7.99. The summed E-state index contributed by atoms with van der Waals surface area (Å²) in [4.78, 5) is 2.35. The minimum atomic E-state index is -3.25. The van der Waals surface area contributed by atoms with Crippen LogP contribution in [0.4, 0.5) is 0 Å². The zero-order chi connectivity index (χ0) is 19.9. The van der Waals surface area contributed by atoms with Gasteiger partial charge >= 0.3 is 0 Å². The lowest BCUT2D eigenvalue weighted by Crippen LogP contribution is -1.96. The van der Waals surface area contributed by atoms with Crippen LogP contribution in [0.15, 0.2) is 71.8 Å². The van der Waals surface area contributed by atoms with E-state index in [2.05, 4.69) is 5.10 Å². The van der Waals surface area contributed by atoms with Crippen LogP contribution in [0.3, 0.4) is 0 Å². The van der Waals surface area contributed by atoms with Gasteiger partial charge in [-0.1, -0.05) is 41.9 Å². The molecule has 4 aromatic rings. The SMILES string of the molecule is Cn1ncc(-c2ccccc2Cl)c1-c1ccc(-c2cccc(S(C)(=O)=O)c2)s1. The van der Waals surface area contributed by atoms with Crippen LogP contribution in [0.5, 0.6) is 0 Å². The highest BCUT2D eigenvalue weighted by Crippen LogP contribution is 2.40. The number of thiophene rings is 1. The van der Waals surface area contributed by atoms with Gasteiger partial charge < -0.3 is 0 Å². The Morgan fingerprint density at radius 2 is 1.71 bits per heavy atom. The summed E-state index contributed by atoms with van der Waals surface area (Å²) in [6, 6.07) is 18.8. The third-order valence-corrected chi connectivity index (χ3v) is 7.07. The van der Waals surface area contributed by atoms with Gasteiger partial charge in [0.2, 0.25) is 0 Å². The van der Waals surface area contributed by atoms with Gasteiger partial charge in [-0.3, -0.25) is 4.68 Å². The molecule has 0 N–H and O–H groups in total. The summed E-state index contributed by atoms with van der Waals surface area (Å²) in [5.74, 6) is 0. The van der Waals surface area contributed by atoms with Crippen molar-refractivity contribution < 1.29 is 8.42 Å². The number of hydrogen-bond donors (Lipinski definition) is 0. The summed E-state index contributed by atoms with van der Waals surface area (Å²) in [5, 5.41) is 5.10. The zero-order valence-electron chi connectivity index (χ0n) is 15.3. The maximum Gasteiger partial charge on any atom is 0.175 e. The van der Waals surface area contributed by atoms with Crippen molar-refractivity contribution in [3.05, 3.63) is 71.9 Å². The van der Waals surface area contributed by atoms with Gasteiger partial charge in [-0.15, -0.1) is 11.3 Å². The normalized spacial score (nSPS) is 11.7. The molecule has 7 heteroatoms. The number of nitrogens with zero attached hydrogens (tertiary/aromatic N) is 2. The topological polar surface area (TPSA) is 52.0 Å². The predicted molar refractivity (Wildman–Crippen MR) is 116 cm³/mol. The van der Waals surface area contributed by atoms with Gasteiger partial charge in [-0.2, -0.15) is 5.10 Å². The van der Waals surface area contributed by atoms with E-state index in [4.69, 9.17) is 11.6 Å². The van der Waals surface area contributed by atoms with Crippen molar-refractivity contribution >= 4 is 32.8 Å². The van der Waals surface area contributed by atoms with Gasteiger partial charge in [0, 0.05) is 34.3 Å². The molecule has 4 rings (SSSR count). The molecular weight excluding hydrogens is 412 g/mol. The Morgan fingerprint density at radius 1 is 0.964 bits per heavy atom. The van der Waals surface area contributed by atoms with Crippen LogP contribution in [-0.4, -0.2) is 24.5 Å². The van der Waals surface area contributed by atoms with Gasteiger partial charge in [0.25, 0.3) is 0 Å². The number of halogens is 1. The Bertz CT molecular complexity index is 1270. The van der Waals surface area contributed by atoms with Crippen LogP contribution in [-0.2, 0) is 16.9 Å². The quantitative estimate of drug-likeness (QED) is 0.428. The lowest BCUT2D eigenvalue weighted by atomic mass is 10.1. The Kier molecular flexibility index (Phi) is 4.87. The third-order valence-electron chi connectivity index (χ3n) is 4.49. The van der Waals surface area contributed by atoms with E-state index in [1.807, 2.05) is 60.4 Å². The molecule has 0 spiro atoms. The van der Waals surface area contributed by atoms with E-state index in [1.54, 1.807) is 29.5 Å². The highest BCUT2D eigenvalue weighted by Gasteiger charge is 2.17. The van der Waals surface area contributed by atoms with E-state index < -0.39 is 9.84 Å². The first-order valence-electron chi connectivity index (χ1n) is 8.52. The van der Waals surface area contributed by atoms with E-state index >= 15 is 0 Å². The van der Waals surface area contributed by atoms with Crippen LogP contribution >= 0.6 is 22.9 Å². The van der Waals surface area contributed by atoms with Crippen LogP contribution in [0.2, 0.25) is 5.02 Å². The van der Waals surface area contributed by atoms with E-state index in [0.29, 0.717) is 9.92 Å². The molecule has 0 saturated carbocycles. The van der Waals surface area contributed by atoms with Crippen molar-refractivity contribution in [2.45, 2.75) is 4.90 Å². The highest BCUT2D eigenvalue weighted by molar-refractivity contribution is 7.90. The van der Waals surface area contributed by atoms with Gasteiger partial charge in [0.05, 0.1) is 21.7 Å². The Hall–Kier alpha value is -2.41. The van der Waals surface area contributed by atoms with Crippen molar-refractivity contribution in [2.75, 3.05) is 6.26 Å². The molecule has 0 atom stereocenters. The van der Waals surface area contributed by atoms with Crippen molar-refractivity contribution in [2.24, 2.45) is 7.05 Å². The van der Waals surface area contributed by atoms with Gasteiger partial charge in [-0.25, -0.2) is 8.42 Å². The zero-order valence-corrected chi connectivity index (χ0v) is 17.6. The fourth-order valence-electron chi connectivity index (χ4n) is 3.11. The number of sulfone groups is 1. The summed E-state index contributed by atoms with van der Waals surface area (Å²) in [7, 11) is -1.35. The number of aromatic nitrogens is 2. The van der Waals surface area contributed by atoms with Crippen molar-refractivity contribution in [1.82, 2.24) is 9.78 Å². The fraction of sp³-hybridized carbons (Fsp3) is 0.0952. The number of rotatable bonds is 4. The maximum absolute atomic E-state index is 11.9. The molecule has 0 aliphatic carbocycles. The Labute approximate surface area is 173 Å². The number of hydrogen-bond acceptors (Lipinski definition) is 4. The largest absolute Gasteiger partial charge is 0.266 e. The first kappa shape index (κ1) is 18.9. The standard InChI is InChI=1S/C21H17ClN2O2S2/c1-24-21(17(13-23-24)16-8-3-4-9-18(16)22)20-11-10-19(27-20)14-6-5-7-15(12-14)28(2,25)26/h3-13H,1-2H3.